The number of hydrogen-bond donors (Lipinski definition) is 2. The zero-order valence-electron chi connectivity index (χ0n) is 13.2. The van der Waals surface area contributed by atoms with Crippen LogP contribution in [0.4, 0.5) is 5.69 Å². The molecule has 0 radical (unpaired) electrons. The minimum absolute atomic E-state index is 0. The van der Waals surface area contributed by atoms with E-state index in [1.54, 1.807) is 6.92 Å². The Morgan fingerprint density at radius 2 is 1.78 bits per heavy atom. The maximum Gasteiger partial charge on any atom is 0.307 e. The van der Waals surface area contributed by atoms with E-state index >= 15 is 0 Å². The van der Waals surface area contributed by atoms with Crippen molar-refractivity contribution in [3.63, 3.8) is 0 Å². The summed E-state index contributed by atoms with van der Waals surface area (Å²) >= 11 is 0. The molecule has 0 unspecified atom stereocenters. The second-order valence-corrected chi connectivity index (χ2v) is 5.08. The number of nitrogens with one attached hydrogen (secondary N) is 1. The molecule has 2 rings (SSSR count). The molecule has 0 aliphatic heterocycles. The average molecular weight is 335 g/mol. The quantitative estimate of drug-likeness (QED) is 0.758. The van der Waals surface area contributed by atoms with Crippen LogP contribution in [0.1, 0.15) is 30.5 Å². The fourth-order valence-corrected chi connectivity index (χ4v) is 2.17. The van der Waals surface area contributed by atoms with Gasteiger partial charge in [0.25, 0.3) is 0 Å². The zero-order chi connectivity index (χ0) is 15.8. The highest BCUT2D eigenvalue weighted by Crippen LogP contribution is 2.18. The van der Waals surface area contributed by atoms with Gasteiger partial charge >= 0.3 is 5.97 Å². The van der Waals surface area contributed by atoms with Crippen molar-refractivity contribution in [3.05, 3.63) is 65.7 Å². The molecule has 5 heteroatoms. The molecule has 0 saturated carbocycles. The van der Waals surface area contributed by atoms with Crippen LogP contribution in [-0.2, 0) is 16.1 Å². The average Bonchev–Trinajstić information content (AvgIpc) is 2.54. The fourth-order valence-electron chi connectivity index (χ4n) is 2.17. The van der Waals surface area contributed by atoms with Gasteiger partial charge in [-0.1, -0.05) is 42.5 Å². The van der Waals surface area contributed by atoms with Gasteiger partial charge in [0, 0.05) is 18.3 Å². The predicted molar refractivity (Wildman–Crippen MR) is 95.6 cm³/mol. The van der Waals surface area contributed by atoms with Gasteiger partial charge in [-0.2, -0.15) is 0 Å². The lowest BCUT2D eigenvalue weighted by atomic mass is 10.0. The molecule has 1 atom stereocenters. The summed E-state index contributed by atoms with van der Waals surface area (Å²) in [5, 5.41) is 3.36. The van der Waals surface area contributed by atoms with Gasteiger partial charge in [0.2, 0.25) is 0 Å². The molecule has 0 amide bonds. The number of halogens is 1. The lowest BCUT2D eigenvalue weighted by Crippen LogP contribution is -2.17. The molecular weight excluding hydrogens is 312 g/mol. The van der Waals surface area contributed by atoms with Gasteiger partial charge in [-0.3, -0.25) is 4.79 Å². The highest BCUT2D eigenvalue weighted by atomic mass is 35.5. The number of esters is 1. The summed E-state index contributed by atoms with van der Waals surface area (Å²) in [4.78, 5) is 11.4. The molecule has 0 aliphatic rings. The Balaban J connectivity index is 0.00000264. The second kappa shape index (κ2) is 9.87. The molecule has 2 aromatic rings. The molecule has 124 valence electrons. The van der Waals surface area contributed by atoms with Crippen molar-refractivity contribution >= 4 is 24.1 Å². The minimum atomic E-state index is -0.331. The van der Waals surface area contributed by atoms with Crippen LogP contribution >= 0.6 is 12.4 Å². The van der Waals surface area contributed by atoms with E-state index in [2.05, 4.69) is 17.4 Å². The number of hydrogen-bond acceptors (Lipinski definition) is 4. The first-order valence-corrected chi connectivity index (χ1v) is 7.48. The van der Waals surface area contributed by atoms with E-state index in [0.717, 1.165) is 17.8 Å². The fraction of sp³-hybridized carbons (Fsp3) is 0.278. The number of rotatable bonds is 7. The van der Waals surface area contributed by atoms with Crippen LogP contribution in [0.15, 0.2) is 54.6 Å². The molecule has 0 aliphatic carbocycles. The summed E-state index contributed by atoms with van der Waals surface area (Å²) in [5.74, 6) is -0.263. The van der Waals surface area contributed by atoms with Gasteiger partial charge in [0.1, 0.15) is 0 Å². The third kappa shape index (κ3) is 6.30. The number of benzene rings is 2. The van der Waals surface area contributed by atoms with E-state index in [0.29, 0.717) is 6.61 Å². The van der Waals surface area contributed by atoms with Crippen LogP contribution in [0.25, 0.3) is 0 Å². The molecular formula is C18H23ClN2O2. The topological polar surface area (TPSA) is 64.3 Å². The van der Waals surface area contributed by atoms with E-state index in [-0.39, 0.29) is 30.8 Å². The number of ether oxygens (including phenoxy) is 1. The first kappa shape index (κ1) is 19.0. The minimum Gasteiger partial charge on any atom is -0.466 e. The van der Waals surface area contributed by atoms with Crippen molar-refractivity contribution in [1.29, 1.82) is 0 Å². The van der Waals surface area contributed by atoms with Crippen molar-refractivity contribution in [1.82, 2.24) is 0 Å². The van der Waals surface area contributed by atoms with Crippen molar-refractivity contribution in [2.45, 2.75) is 25.9 Å². The lowest BCUT2D eigenvalue weighted by Gasteiger charge is -2.12. The summed E-state index contributed by atoms with van der Waals surface area (Å²) in [6.45, 7) is 2.94. The van der Waals surface area contributed by atoms with Gasteiger partial charge in [0.05, 0.1) is 13.0 Å². The zero-order valence-corrected chi connectivity index (χ0v) is 14.0. The molecule has 0 spiro atoms. The first-order valence-electron chi connectivity index (χ1n) is 7.48. The van der Waals surface area contributed by atoms with Gasteiger partial charge in [0.15, 0.2) is 0 Å². The third-order valence-corrected chi connectivity index (χ3v) is 3.37. The van der Waals surface area contributed by atoms with E-state index in [1.165, 1.54) is 5.56 Å². The van der Waals surface area contributed by atoms with Crippen LogP contribution < -0.4 is 11.1 Å². The van der Waals surface area contributed by atoms with Crippen molar-refractivity contribution in [3.8, 4) is 0 Å². The lowest BCUT2D eigenvalue weighted by molar-refractivity contribution is -0.143. The Bertz CT molecular complexity index is 588. The van der Waals surface area contributed by atoms with Crippen LogP contribution in [0.3, 0.4) is 0 Å². The van der Waals surface area contributed by atoms with Crippen molar-refractivity contribution in [2.75, 3.05) is 11.9 Å². The highest BCUT2D eigenvalue weighted by molar-refractivity contribution is 5.85. The number of carbonyl (C=O) groups is 1. The van der Waals surface area contributed by atoms with Crippen molar-refractivity contribution < 1.29 is 9.53 Å². The monoisotopic (exact) mass is 334 g/mol. The molecule has 23 heavy (non-hydrogen) atoms. The molecule has 4 nitrogen and oxygen atoms in total. The summed E-state index contributed by atoms with van der Waals surface area (Å²) in [6, 6.07) is 17.7. The molecule has 0 bridgehead atoms. The molecule has 3 N–H and O–H groups in total. The van der Waals surface area contributed by atoms with E-state index in [9.17, 15) is 4.79 Å². The number of anilines is 1. The third-order valence-electron chi connectivity index (χ3n) is 3.37. The Morgan fingerprint density at radius 3 is 2.39 bits per heavy atom. The van der Waals surface area contributed by atoms with Gasteiger partial charge in [-0.05, 0) is 30.2 Å². The van der Waals surface area contributed by atoms with Gasteiger partial charge in [-0.15, -0.1) is 12.4 Å². The van der Waals surface area contributed by atoms with Crippen LogP contribution in [0.2, 0.25) is 0 Å². The standard InChI is InChI=1S/C18H22N2O2.ClH/c1-2-22-18(21)12-17(19)15-8-10-16(11-9-15)20-13-14-6-4-3-5-7-14;/h3-11,17,20H,2,12-13,19H2,1H3;1H/t17-;/m1./s1. The number of nitrogens with two attached hydrogens (primary N) is 1. The summed E-state index contributed by atoms with van der Waals surface area (Å²) in [7, 11) is 0. The van der Waals surface area contributed by atoms with E-state index in [1.807, 2.05) is 42.5 Å². The summed E-state index contributed by atoms with van der Waals surface area (Å²) in [5.41, 5.74) is 9.20. The highest BCUT2D eigenvalue weighted by Gasteiger charge is 2.12. The van der Waals surface area contributed by atoms with Crippen LogP contribution in [-0.4, -0.2) is 12.6 Å². The maximum absolute atomic E-state index is 11.4. The Kier molecular flexibility index (Phi) is 8.16. The molecule has 2 aromatic carbocycles. The Labute approximate surface area is 143 Å². The smallest absolute Gasteiger partial charge is 0.307 e. The van der Waals surface area contributed by atoms with Gasteiger partial charge < -0.3 is 15.8 Å². The van der Waals surface area contributed by atoms with Crippen LogP contribution in [0.5, 0.6) is 0 Å². The summed E-state index contributed by atoms with van der Waals surface area (Å²) in [6.07, 6.45) is 0.199. The molecule has 0 fully saturated rings. The van der Waals surface area contributed by atoms with E-state index < -0.39 is 0 Å². The molecule has 0 heterocycles. The Hall–Kier alpha value is -2.04. The number of carbonyl (C=O) groups excluding carboxylic acids is 1. The predicted octanol–water partition coefficient (Wildman–Crippen LogP) is 3.67. The second-order valence-electron chi connectivity index (χ2n) is 5.08. The van der Waals surface area contributed by atoms with Crippen LogP contribution in [0, 0.1) is 0 Å². The maximum atomic E-state index is 11.4. The summed E-state index contributed by atoms with van der Waals surface area (Å²) < 4.78 is 4.91. The first-order chi connectivity index (χ1) is 10.7. The largest absolute Gasteiger partial charge is 0.466 e. The Morgan fingerprint density at radius 1 is 1.13 bits per heavy atom. The molecule has 0 aromatic heterocycles. The SMILES string of the molecule is CCOC(=O)C[C@@H](N)c1ccc(NCc2ccccc2)cc1.Cl. The van der Waals surface area contributed by atoms with Gasteiger partial charge in [-0.25, -0.2) is 0 Å². The van der Waals surface area contributed by atoms with E-state index in [4.69, 9.17) is 10.5 Å². The normalized spacial score (nSPS) is 11.2. The van der Waals surface area contributed by atoms with Crippen molar-refractivity contribution in [2.24, 2.45) is 5.73 Å². The molecule has 0 saturated heterocycles.